The number of carbonyl (C=O) groups excluding carboxylic acids is 2. The van der Waals surface area contributed by atoms with Crippen LogP contribution in [0.1, 0.15) is 34.9 Å². The Hall–Kier alpha value is -2.16. The summed E-state index contributed by atoms with van der Waals surface area (Å²) in [6.07, 6.45) is 2.15. The van der Waals surface area contributed by atoms with Crippen LogP contribution in [0, 0.1) is 0 Å². The first-order valence-corrected chi connectivity index (χ1v) is 9.05. The van der Waals surface area contributed by atoms with Crippen LogP contribution in [0.25, 0.3) is 11.0 Å². The van der Waals surface area contributed by atoms with Gasteiger partial charge < -0.3 is 20.7 Å². The van der Waals surface area contributed by atoms with E-state index < -0.39 is 5.91 Å². The molecule has 0 saturated carbocycles. The molecule has 1 aromatic heterocycles. The van der Waals surface area contributed by atoms with Crippen LogP contribution < -0.4 is 11.1 Å². The minimum Gasteiger partial charge on any atom is -0.378 e. The zero-order valence-electron chi connectivity index (χ0n) is 15.0. The number of ether oxygens (including phenoxy) is 1. The van der Waals surface area contributed by atoms with Gasteiger partial charge in [0.25, 0.3) is 5.91 Å². The first-order chi connectivity index (χ1) is 12.7. The maximum absolute atomic E-state index is 13.1. The molecule has 146 valence electrons. The third-order valence-corrected chi connectivity index (χ3v) is 5.15. The van der Waals surface area contributed by atoms with Gasteiger partial charge in [-0.15, -0.1) is 12.4 Å². The number of imidazole rings is 1. The van der Waals surface area contributed by atoms with E-state index >= 15 is 0 Å². The van der Waals surface area contributed by atoms with Crippen molar-refractivity contribution in [3.63, 3.8) is 0 Å². The van der Waals surface area contributed by atoms with Gasteiger partial charge in [0.05, 0.1) is 24.2 Å². The second-order valence-corrected chi connectivity index (χ2v) is 6.78. The molecule has 4 rings (SSSR count). The Balaban J connectivity index is 0.00000210. The summed E-state index contributed by atoms with van der Waals surface area (Å²) in [7, 11) is 0. The molecule has 0 aliphatic carbocycles. The summed E-state index contributed by atoms with van der Waals surface area (Å²) >= 11 is 0. The number of morpholine rings is 1. The smallest absolute Gasteiger partial charge is 0.330 e. The van der Waals surface area contributed by atoms with Crippen molar-refractivity contribution in [2.75, 3.05) is 39.4 Å². The fourth-order valence-electron chi connectivity index (χ4n) is 3.82. The summed E-state index contributed by atoms with van der Waals surface area (Å²) in [6.45, 7) is 3.84. The van der Waals surface area contributed by atoms with E-state index in [0.717, 1.165) is 31.5 Å². The highest BCUT2D eigenvalue weighted by molar-refractivity contribution is 6.01. The van der Waals surface area contributed by atoms with Crippen LogP contribution >= 0.6 is 12.4 Å². The van der Waals surface area contributed by atoms with Gasteiger partial charge in [-0.1, -0.05) is 12.1 Å². The van der Waals surface area contributed by atoms with Crippen molar-refractivity contribution < 1.29 is 14.3 Å². The van der Waals surface area contributed by atoms with Crippen LogP contribution in [0.5, 0.6) is 0 Å². The monoisotopic (exact) mass is 393 g/mol. The van der Waals surface area contributed by atoms with Gasteiger partial charge in [0.15, 0.2) is 0 Å². The average Bonchev–Trinajstić information content (AvgIpc) is 3.09. The fourth-order valence-corrected chi connectivity index (χ4v) is 3.82. The van der Waals surface area contributed by atoms with Gasteiger partial charge in [0.2, 0.25) is 5.82 Å². The van der Waals surface area contributed by atoms with Crippen LogP contribution in [0.3, 0.4) is 0 Å². The molecule has 0 bridgehead atoms. The van der Waals surface area contributed by atoms with Crippen molar-refractivity contribution in [1.29, 1.82) is 0 Å². The van der Waals surface area contributed by atoms with E-state index in [1.807, 2.05) is 18.2 Å². The second kappa shape index (κ2) is 8.24. The highest BCUT2D eigenvalue weighted by Crippen LogP contribution is 2.30. The average molecular weight is 394 g/mol. The van der Waals surface area contributed by atoms with E-state index in [1.165, 1.54) is 4.57 Å². The van der Waals surface area contributed by atoms with Crippen molar-refractivity contribution in [3.8, 4) is 0 Å². The number of benzene rings is 1. The number of fused-ring (bicyclic) bond motifs is 1. The highest BCUT2D eigenvalue weighted by Gasteiger charge is 2.28. The van der Waals surface area contributed by atoms with E-state index in [-0.39, 0.29) is 24.3 Å². The Morgan fingerprint density at radius 2 is 2.04 bits per heavy atom. The molecule has 9 heteroatoms. The summed E-state index contributed by atoms with van der Waals surface area (Å²) in [5.41, 5.74) is 7.93. The number of halogens is 1. The molecular formula is C18H24ClN5O3. The summed E-state index contributed by atoms with van der Waals surface area (Å²) in [5, 5.41) is 3.40. The molecule has 3 heterocycles. The van der Waals surface area contributed by atoms with Crippen molar-refractivity contribution in [1.82, 2.24) is 19.8 Å². The number of aromatic nitrogens is 2. The van der Waals surface area contributed by atoms with Crippen molar-refractivity contribution in [2.24, 2.45) is 5.73 Å². The Labute approximate surface area is 163 Å². The normalized spacial score (nSPS) is 20.3. The van der Waals surface area contributed by atoms with Gasteiger partial charge in [0.1, 0.15) is 0 Å². The summed E-state index contributed by atoms with van der Waals surface area (Å²) in [4.78, 5) is 31.2. The SMILES string of the molecule is Cl.NC(=O)c1nc2c(C3CCCNC3)cccc2n1C(=O)N1CCOCC1. The predicted molar refractivity (Wildman–Crippen MR) is 104 cm³/mol. The molecule has 2 aromatic rings. The van der Waals surface area contributed by atoms with E-state index in [9.17, 15) is 9.59 Å². The topological polar surface area (TPSA) is 102 Å². The molecular weight excluding hydrogens is 370 g/mol. The predicted octanol–water partition coefficient (Wildman–Crippen LogP) is 1.32. The molecule has 2 amide bonds. The number of amides is 2. The number of primary amides is 1. The highest BCUT2D eigenvalue weighted by atomic mass is 35.5. The van der Waals surface area contributed by atoms with Crippen LogP contribution in [0.2, 0.25) is 0 Å². The number of hydrogen-bond acceptors (Lipinski definition) is 5. The largest absolute Gasteiger partial charge is 0.378 e. The number of nitrogens with two attached hydrogens (primary N) is 1. The van der Waals surface area contributed by atoms with Crippen LogP contribution in [-0.2, 0) is 4.74 Å². The molecule has 2 aliphatic heterocycles. The minimum absolute atomic E-state index is 0. The Bertz CT molecular complexity index is 841. The van der Waals surface area contributed by atoms with Gasteiger partial charge in [-0.05, 0) is 36.9 Å². The Kier molecular flexibility index (Phi) is 5.98. The molecule has 2 fully saturated rings. The zero-order valence-corrected chi connectivity index (χ0v) is 15.8. The summed E-state index contributed by atoms with van der Waals surface area (Å²) < 4.78 is 6.68. The van der Waals surface area contributed by atoms with Gasteiger partial charge >= 0.3 is 6.03 Å². The number of para-hydroxylation sites is 1. The van der Waals surface area contributed by atoms with Gasteiger partial charge in [-0.25, -0.2) is 14.3 Å². The molecule has 1 unspecified atom stereocenters. The maximum Gasteiger partial charge on any atom is 0.330 e. The van der Waals surface area contributed by atoms with Crippen LogP contribution in [0.15, 0.2) is 18.2 Å². The molecule has 0 radical (unpaired) electrons. The zero-order chi connectivity index (χ0) is 18.1. The minimum atomic E-state index is -0.699. The van der Waals surface area contributed by atoms with Crippen LogP contribution in [0.4, 0.5) is 4.79 Å². The number of carbonyl (C=O) groups is 2. The molecule has 27 heavy (non-hydrogen) atoms. The first kappa shape index (κ1) is 19.6. The second-order valence-electron chi connectivity index (χ2n) is 6.78. The van der Waals surface area contributed by atoms with Crippen molar-refractivity contribution >= 4 is 35.4 Å². The third-order valence-electron chi connectivity index (χ3n) is 5.15. The maximum atomic E-state index is 13.1. The van der Waals surface area contributed by atoms with E-state index in [1.54, 1.807) is 4.90 Å². The van der Waals surface area contributed by atoms with Gasteiger partial charge in [-0.3, -0.25) is 4.79 Å². The quantitative estimate of drug-likeness (QED) is 0.801. The van der Waals surface area contributed by atoms with Gasteiger partial charge in [0, 0.05) is 19.6 Å². The first-order valence-electron chi connectivity index (χ1n) is 9.05. The number of nitrogens with one attached hydrogen (secondary N) is 1. The molecule has 2 saturated heterocycles. The lowest BCUT2D eigenvalue weighted by atomic mass is 9.91. The van der Waals surface area contributed by atoms with Crippen LogP contribution in [-0.4, -0.2) is 65.8 Å². The molecule has 1 aromatic carbocycles. The molecule has 2 aliphatic rings. The number of hydrogen-bond donors (Lipinski definition) is 2. The van der Waals surface area contributed by atoms with Gasteiger partial charge in [-0.2, -0.15) is 0 Å². The lowest BCUT2D eigenvalue weighted by Gasteiger charge is -2.27. The molecule has 0 spiro atoms. The third kappa shape index (κ3) is 3.65. The summed E-state index contributed by atoms with van der Waals surface area (Å²) in [5.74, 6) is -0.391. The Morgan fingerprint density at radius 3 is 2.70 bits per heavy atom. The van der Waals surface area contributed by atoms with Crippen molar-refractivity contribution in [3.05, 3.63) is 29.6 Å². The number of piperidine rings is 1. The van der Waals surface area contributed by atoms with E-state index in [4.69, 9.17) is 10.5 Å². The molecule has 1 atom stereocenters. The Morgan fingerprint density at radius 1 is 1.26 bits per heavy atom. The standard InChI is InChI=1S/C18H23N5O3.ClH/c19-16(24)17-21-15-13(12-3-2-6-20-11-12)4-1-5-14(15)23(17)18(25)22-7-9-26-10-8-22;/h1,4-5,12,20H,2-3,6-11H2,(H2,19,24);1H. The number of nitrogens with zero attached hydrogens (tertiary/aromatic N) is 3. The lowest BCUT2D eigenvalue weighted by molar-refractivity contribution is 0.0535. The van der Waals surface area contributed by atoms with Crippen molar-refractivity contribution in [2.45, 2.75) is 18.8 Å². The van der Waals surface area contributed by atoms with E-state index in [0.29, 0.717) is 43.3 Å². The fraction of sp³-hybridized carbons (Fsp3) is 0.500. The molecule has 3 N–H and O–H groups in total. The summed E-state index contributed by atoms with van der Waals surface area (Å²) in [6, 6.07) is 5.50. The van der Waals surface area contributed by atoms with E-state index in [2.05, 4.69) is 10.3 Å². The number of rotatable bonds is 2. The lowest BCUT2D eigenvalue weighted by Crippen LogP contribution is -2.43. The molecule has 8 nitrogen and oxygen atoms in total.